The number of allylic oxidation sites excluding steroid dienone is 4. The molecule has 4 aliphatic rings. The van der Waals surface area contributed by atoms with Crippen molar-refractivity contribution < 1.29 is 0 Å². The lowest BCUT2D eigenvalue weighted by molar-refractivity contribution is 0.352. The van der Waals surface area contributed by atoms with Gasteiger partial charge in [-0.15, -0.1) is 11.3 Å². The number of aromatic nitrogens is 2. The van der Waals surface area contributed by atoms with E-state index in [1.165, 1.54) is 70.0 Å². The Morgan fingerprint density at radius 3 is 2.37 bits per heavy atom. The molecular weight excluding hydrogens is 577 g/mol. The van der Waals surface area contributed by atoms with Crippen molar-refractivity contribution in [1.82, 2.24) is 9.97 Å². The van der Waals surface area contributed by atoms with Crippen molar-refractivity contribution in [2.24, 2.45) is 5.92 Å². The van der Waals surface area contributed by atoms with Gasteiger partial charge < -0.3 is 0 Å². The predicted molar refractivity (Wildman–Crippen MR) is 193 cm³/mol. The van der Waals surface area contributed by atoms with Gasteiger partial charge in [-0.1, -0.05) is 112 Å². The topological polar surface area (TPSA) is 25.8 Å². The van der Waals surface area contributed by atoms with E-state index in [0.717, 1.165) is 39.3 Å². The zero-order valence-electron chi connectivity index (χ0n) is 26.4. The highest BCUT2D eigenvalue weighted by Gasteiger charge is 2.48. The highest BCUT2D eigenvalue weighted by Crippen LogP contribution is 2.61. The molecule has 0 aliphatic heterocycles. The molecular formula is C43H36N2S. The summed E-state index contributed by atoms with van der Waals surface area (Å²) >= 11 is 1.77. The van der Waals surface area contributed by atoms with Crippen LogP contribution in [0.4, 0.5) is 0 Å². The minimum Gasteiger partial charge on any atom is -0.227 e. The van der Waals surface area contributed by atoms with Crippen molar-refractivity contribution in [3.63, 3.8) is 0 Å². The Kier molecular flexibility index (Phi) is 5.60. The first kappa shape index (κ1) is 26.8. The van der Waals surface area contributed by atoms with Crippen LogP contribution in [0.3, 0.4) is 0 Å². The molecule has 0 amide bonds. The van der Waals surface area contributed by atoms with Gasteiger partial charge in [0, 0.05) is 32.0 Å². The van der Waals surface area contributed by atoms with Crippen molar-refractivity contribution in [3.05, 3.63) is 125 Å². The van der Waals surface area contributed by atoms with Gasteiger partial charge in [0.2, 0.25) is 0 Å². The highest BCUT2D eigenvalue weighted by molar-refractivity contribution is 7.25. The summed E-state index contributed by atoms with van der Waals surface area (Å²) in [6.07, 6.45) is 14.6. The number of nitrogens with zero attached hydrogens (tertiary/aromatic N) is 2. The normalized spacial score (nSPS) is 20.0. The van der Waals surface area contributed by atoms with Gasteiger partial charge in [-0.3, -0.25) is 0 Å². The van der Waals surface area contributed by atoms with Gasteiger partial charge in [-0.2, -0.15) is 0 Å². The van der Waals surface area contributed by atoms with E-state index in [1.54, 1.807) is 22.5 Å². The summed E-state index contributed by atoms with van der Waals surface area (Å²) in [4.78, 5) is 11.7. The monoisotopic (exact) mass is 612 g/mol. The first-order chi connectivity index (χ1) is 22.5. The van der Waals surface area contributed by atoms with Crippen LogP contribution in [-0.4, -0.2) is 9.97 Å². The van der Waals surface area contributed by atoms with E-state index >= 15 is 0 Å². The second-order valence-electron chi connectivity index (χ2n) is 14.4. The second kappa shape index (κ2) is 9.59. The average Bonchev–Trinajstić information content (AvgIpc) is 3.68. The van der Waals surface area contributed by atoms with E-state index in [9.17, 15) is 0 Å². The standard InChI is InChI=1S/C43H36N2S/c1-42(2)33-17-9-7-15-28(33)31-25-36-32(24-35(31)42)30-23-27(19-20-34(30)43(36)21-11-4-12-22-43)40-44-39(26-13-5-3-6-14-26)38-29-16-8-10-18-37(29)46-41(38)45-40/h3,5-10,13-16,18-20,23-25,33H,4,11-12,17,21-22H2,1-2H3. The van der Waals surface area contributed by atoms with Crippen LogP contribution in [0.2, 0.25) is 0 Å². The molecule has 2 nitrogen and oxygen atoms in total. The third kappa shape index (κ3) is 3.58. The zero-order chi connectivity index (χ0) is 30.6. The number of benzene rings is 4. The maximum atomic E-state index is 5.36. The molecule has 0 radical (unpaired) electrons. The van der Waals surface area contributed by atoms with Crippen LogP contribution in [0.5, 0.6) is 0 Å². The van der Waals surface area contributed by atoms with Crippen molar-refractivity contribution in [2.75, 3.05) is 0 Å². The molecule has 1 spiro atoms. The second-order valence-corrected chi connectivity index (χ2v) is 15.5. The van der Waals surface area contributed by atoms with Crippen LogP contribution < -0.4 is 0 Å². The highest BCUT2D eigenvalue weighted by atomic mass is 32.1. The average molecular weight is 613 g/mol. The van der Waals surface area contributed by atoms with Gasteiger partial charge in [0.1, 0.15) is 4.83 Å². The molecule has 1 unspecified atom stereocenters. The fraction of sp³-hybridized carbons (Fsp3) is 0.256. The summed E-state index contributed by atoms with van der Waals surface area (Å²) in [7, 11) is 0. The molecule has 0 saturated heterocycles. The third-order valence-electron chi connectivity index (χ3n) is 11.8. The van der Waals surface area contributed by atoms with Crippen LogP contribution >= 0.6 is 11.3 Å². The van der Waals surface area contributed by atoms with Gasteiger partial charge in [0.15, 0.2) is 5.82 Å². The van der Waals surface area contributed by atoms with Gasteiger partial charge in [0.25, 0.3) is 0 Å². The van der Waals surface area contributed by atoms with E-state index in [-0.39, 0.29) is 10.8 Å². The Balaban J connectivity index is 1.20. The predicted octanol–water partition coefficient (Wildman–Crippen LogP) is 11.7. The van der Waals surface area contributed by atoms with Crippen molar-refractivity contribution in [3.8, 4) is 33.8 Å². The minimum atomic E-state index is 0.106. The zero-order valence-corrected chi connectivity index (χ0v) is 27.3. The number of hydrogen-bond donors (Lipinski definition) is 0. The lowest BCUT2D eigenvalue weighted by Crippen LogP contribution is -2.28. The van der Waals surface area contributed by atoms with Gasteiger partial charge in [-0.05, 0) is 93.8 Å². The van der Waals surface area contributed by atoms with E-state index in [4.69, 9.17) is 9.97 Å². The maximum Gasteiger partial charge on any atom is 0.161 e. The van der Waals surface area contributed by atoms with Crippen LogP contribution in [-0.2, 0) is 10.8 Å². The summed E-state index contributed by atoms with van der Waals surface area (Å²) in [5.74, 6) is 1.37. The van der Waals surface area contributed by atoms with Crippen LogP contribution in [0.1, 0.15) is 74.6 Å². The van der Waals surface area contributed by atoms with Crippen LogP contribution in [0, 0.1) is 5.92 Å². The summed E-state index contributed by atoms with van der Waals surface area (Å²) < 4.78 is 1.26. The summed E-state index contributed by atoms with van der Waals surface area (Å²) in [5.41, 5.74) is 14.0. The molecule has 2 heterocycles. The maximum absolute atomic E-state index is 5.36. The summed E-state index contributed by atoms with van der Waals surface area (Å²) in [5, 5.41) is 2.39. The van der Waals surface area contributed by atoms with Gasteiger partial charge in [0.05, 0.1) is 5.69 Å². The molecule has 10 rings (SSSR count). The molecule has 1 atom stereocenters. The quantitative estimate of drug-likeness (QED) is 0.194. The van der Waals surface area contributed by atoms with Crippen molar-refractivity contribution in [1.29, 1.82) is 0 Å². The number of thiophene rings is 1. The van der Waals surface area contributed by atoms with Gasteiger partial charge >= 0.3 is 0 Å². The Morgan fingerprint density at radius 2 is 1.50 bits per heavy atom. The minimum absolute atomic E-state index is 0.106. The molecule has 224 valence electrons. The molecule has 3 heteroatoms. The Hall–Kier alpha value is -4.34. The Bertz CT molecular complexity index is 2300. The molecule has 6 aromatic rings. The first-order valence-electron chi connectivity index (χ1n) is 17.0. The first-order valence-corrected chi connectivity index (χ1v) is 17.8. The summed E-state index contributed by atoms with van der Waals surface area (Å²) in [6, 6.07) is 31.7. The van der Waals surface area contributed by atoms with E-state index in [0.29, 0.717) is 5.92 Å². The molecule has 1 saturated carbocycles. The van der Waals surface area contributed by atoms with Crippen LogP contribution in [0.15, 0.2) is 103 Å². The fourth-order valence-corrected chi connectivity index (χ4v) is 10.6. The fourth-order valence-electron chi connectivity index (χ4n) is 9.49. The largest absolute Gasteiger partial charge is 0.227 e. The SMILES string of the molecule is CC1(C)c2cc3c(cc2C2=CC=CCC21)C1(CCCCC1)c1ccc(-c2nc(-c4ccccc4)c4c(n2)sc2ccccc24)cc1-3. The lowest BCUT2D eigenvalue weighted by atomic mass is 9.67. The van der Waals surface area contributed by atoms with E-state index < -0.39 is 0 Å². The molecule has 2 aromatic heterocycles. The summed E-state index contributed by atoms with van der Waals surface area (Å²) in [6.45, 7) is 4.93. The smallest absolute Gasteiger partial charge is 0.161 e. The lowest BCUT2D eigenvalue weighted by Gasteiger charge is -2.36. The Labute approximate surface area is 274 Å². The van der Waals surface area contributed by atoms with Crippen LogP contribution in [0.25, 0.3) is 59.6 Å². The van der Waals surface area contributed by atoms with E-state index in [2.05, 4.69) is 117 Å². The molecule has 4 aliphatic carbocycles. The third-order valence-corrected chi connectivity index (χ3v) is 12.9. The van der Waals surface area contributed by atoms with Gasteiger partial charge in [-0.25, -0.2) is 9.97 Å². The number of fused-ring (bicyclic) bond motifs is 11. The number of hydrogen-bond acceptors (Lipinski definition) is 3. The molecule has 46 heavy (non-hydrogen) atoms. The Morgan fingerprint density at radius 1 is 0.717 bits per heavy atom. The molecule has 0 bridgehead atoms. The number of rotatable bonds is 2. The van der Waals surface area contributed by atoms with E-state index in [1.807, 2.05) is 0 Å². The van der Waals surface area contributed by atoms with Crippen molar-refractivity contribution in [2.45, 2.75) is 63.2 Å². The molecule has 4 aromatic carbocycles. The molecule has 1 fully saturated rings. The van der Waals surface area contributed by atoms with Crippen molar-refractivity contribution >= 4 is 37.2 Å². The molecule has 0 N–H and O–H groups in total.